The number of esters is 1. The lowest BCUT2D eigenvalue weighted by Crippen LogP contribution is -2.15. The summed E-state index contributed by atoms with van der Waals surface area (Å²) in [5, 5.41) is 11.2. The summed E-state index contributed by atoms with van der Waals surface area (Å²) in [4.78, 5) is 23.6. The fourth-order valence-corrected chi connectivity index (χ4v) is 3.09. The van der Waals surface area contributed by atoms with Crippen LogP contribution in [0.3, 0.4) is 0 Å². The van der Waals surface area contributed by atoms with Crippen molar-refractivity contribution < 1.29 is 14.3 Å². The first-order valence-electron chi connectivity index (χ1n) is 7.96. The molecule has 0 aliphatic heterocycles. The predicted molar refractivity (Wildman–Crippen MR) is 103 cm³/mol. The highest BCUT2D eigenvalue weighted by Crippen LogP contribution is 2.23. The van der Waals surface area contributed by atoms with E-state index in [0.717, 1.165) is 5.69 Å². The topological polar surface area (TPSA) is 112 Å². The number of hydrogen-bond donors (Lipinski definition) is 2. The molecule has 0 bridgehead atoms. The molecule has 0 aliphatic carbocycles. The Bertz CT molecular complexity index is 941. The van der Waals surface area contributed by atoms with Crippen molar-refractivity contribution in [2.45, 2.75) is 5.16 Å². The van der Waals surface area contributed by atoms with Crippen LogP contribution >= 0.6 is 11.8 Å². The number of carbonyl (C=O) groups is 2. The number of nitrogens with two attached hydrogens (primary N) is 1. The van der Waals surface area contributed by atoms with Gasteiger partial charge in [0.05, 0.1) is 24.1 Å². The Labute approximate surface area is 159 Å². The van der Waals surface area contributed by atoms with Crippen molar-refractivity contribution in [2.75, 3.05) is 23.9 Å². The first kappa shape index (κ1) is 18.5. The number of ether oxygens (including phenoxy) is 1. The zero-order valence-electron chi connectivity index (χ0n) is 14.5. The summed E-state index contributed by atoms with van der Waals surface area (Å²) in [5.74, 6) is -0.264. The lowest BCUT2D eigenvalue weighted by atomic mass is 10.2. The number of para-hydroxylation sites is 1. The number of nitrogen functional groups attached to an aromatic ring is 1. The summed E-state index contributed by atoms with van der Waals surface area (Å²) < 4.78 is 6.32. The maximum Gasteiger partial charge on any atom is 0.337 e. The number of rotatable bonds is 6. The summed E-state index contributed by atoms with van der Waals surface area (Å²) in [5.41, 5.74) is 7.71. The number of amides is 1. The Hall–Kier alpha value is -3.33. The Morgan fingerprint density at radius 1 is 1.11 bits per heavy atom. The molecule has 138 valence electrons. The fourth-order valence-electron chi connectivity index (χ4n) is 2.33. The van der Waals surface area contributed by atoms with Crippen molar-refractivity contribution in [3.05, 3.63) is 60.2 Å². The van der Waals surface area contributed by atoms with Crippen molar-refractivity contribution >= 4 is 35.3 Å². The molecule has 3 aromatic rings. The zero-order valence-corrected chi connectivity index (χ0v) is 15.3. The normalized spacial score (nSPS) is 10.4. The van der Waals surface area contributed by atoms with Gasteiger partial charge in [0, 0.05) is 5.69 Å². The number of nitrogens with one attached hydrogen (secondary N) is 1. The van der Waals surface area contributed by atoms with Gasteiger partial charge in [-0.05, 0) is 36.4 Å². The molecule has 3 rings (SSSR count). The minimum Gasteiger partial charge on any atom is -0.465 e. The molecular formula is C18H17N5O3S. The monoisotopic (exact) mass is 383 g/mol. The highest BCUT2D eigenvalue weighted by Gasteiger charge is 2.14. The molecule has 1 heterocycles. The summed E-state index contributed by atoms with van der Waals surface area (Å²) >= 11 is 1.22. The van der Waals surface area contributed by atoms with Gasteiger partial charge < -0.3 is 15.8 Å². The van der Waals surface area contributed by atoms with Gasteiger partial charge in [-0.3, -0.25) is 9.36 Å². The minimum atomic E-state index is -0.429. The van der Waals surface area contributed by atoms with Gasteiger partial charge in [-0.15, -0.1) is 10.2 Å². The molecule has 0 aliphatic rings. The van der Waals surface area contributed by atoms with E-state index in [-0.39, 0.29) is 17.6 Å². The van der Waals surface area contributed by atoms with Crippen molar-refractivity contribution in [1.82, 2.24) is 14.8 Å². The highest BCUT2D eigenvalue weighted by molar-refractivity contribution is 7.99. The van der Waals surface area contributed by atoms with Gasteiger partial charge in [-0.2, -0.15) is 0 Å². The number of methoxy groups -OCH3 is 1. The molecule has 1 amide bonds. The van der Waals surface area contributed by atoms with Gasteiger partial charge in [-0.25, -0.2) is 4.79 Å². The molecular weight excluding hydrogens is 366 g/mol. The van der Waals surface area contributed by atoms with E-state index in [2.05, 4.69) is 20.3 Å². The number of carbonyl (C=O) groups excluding carboxylic acids is 2. The number of nitrogens with zero attached hydrogens (tertiary/aromatic N) is 3. The van der Waals surface area contributed by atoms with Crippen molar-refractivity contribution in [1.29, 1.82) is 0 Å². The Morgan fingerprint density at radius 2 is 1.81 bits per heavy atom. The number of benzene rings is 2. The summed E-state index contributed by atoms with van der Waals surface area (Å²) in [6.07, 6.45) is 0. The number of anilines is 2. The van der Waals surface area contributed by atoms with Crippen molar-refractivity contribution in [3.8, 4) is 5.69 Å². The van der Waals surface area contributed by atoms with Gasteiger partial charge >= 0.3 is 5.97 Å². The standard InChI is InChI=1S/C18H17N5O3S/c1-26-16(25)12-7-9-13(10-8-12)20-15(24)11-27-18-22-21-17(19)23(18)14-5-3-2-4-6-14/h2-10H,11H2,1H3,(H2,19,21)(H,20,24). The van der Waals surface area contributed by atoms with E-state index in [4.69, 9.17) is 5.73 Å². The Kier molecular flexibility index (Phi) is 5.72. The maximum atomic E-state index is 12.2. The molecule has 2 aromatic carbocycles. The third kappa shape index (κ3) is 4.45. The van der Waals surface area contributed by atoms with Crippen LogP contribution in [0.15, 0.2) is 59.8 Å². The zero-order chi connectivity index (χ0) is 19.2. The van der Waals surface area contributed by atoms with E-state index in [1.807, 2.05) is 30.3 Å². The number of hydrogen-bond acceptors (Lipinski definition) is 7. The third-order valence-electron chi connectivity index (χ3n) is 3.59. The molecule has 0 atom stereocenters. The average Bonchev–Trinajstić information content (AvgIpc) is 3.07. The van der Waals surface area contributed by atoms with Crippen LogP contribution in [-0.2, 0) is 9.53 Å². The minimum absolute atomic E-state index is 0.129. The summed E-state index contributed by atoms with van der Waals surface area (Å²) in [7, 11) is 1.32. The van der Waals surface area contributed by atoms with Crippen LogP contribution in [0.5, 0.6) is 0 Å². The molecule has 0 saturated heterocycles. The molecule has 0 spiro atoms. The van der Waals surface area contributed by atoms with Gasteiger partial charge in [0.25, 0.3) is 0 Å². The maximum absolute atomic E-state index is 12.2. The van der Waals surface area contributed by atoms with E-state index >= 15 is 0 Å². The lowest BCUT2D eigenvalue weighted by molar-refractivity contribution is -0.113. The second kappa shape index (κ2) is 8.37. The van der Waals surface area contributed by atoms with Crippen LogP contribution in [0.2, 0.25) is 0 Å². The van der Waals surface area contributed by atoms with Crippen LogP contribution in [-0.4, -0.2) is 39.5 Å². The lowest BCUT2D eigenvalue weighted by Gasteiger charge is -2.08. The molecule has 0 fully saturated rings. The van der Waals surface area contributed by atoms with E-state index in [1.54, 1.807) is 28.8 Å². The van der Waals surface area contributed by atoms with E-state index in [9.17, 15) is 9.59 Å². The van der Waals surface area contributed by atoms with E-state index < -0.39 is 5.97 Å². The first-order valence-corrected chi connectivity index (χ1v) is 8.94. The molecule has 9 heteroatoms. The largest absolute Gasteiger partial charge is 0.465 e. The molecule has 0 radical (unpaired) electrons. The smallest absolute Gasteiger partial charge is 0.337 e. The quantitative estimate of drug-likeness (QED) is 0.496. The molecule has 0 saturated carbocycles. The van der Waals surface area contributed by atoms with Crippen LogP contribution in [0.1, 0.15) is 10.4 Å². The van der Waals surface area contributed by atoms with E-state index in [1.165, 1.54) is 18.9 Å². The van der Waals surface area contributed by atoms with Crippen molar-refractivity contribution in [3.63, 3.8) is 0 Å². The third-order valence-corrected chi connectivity index (χ3v) is 4.52. The summed E-state index contributed by atoms with van der Waals surface area (Å²) in [6.45, 7) is 0. The molecule has 0 unspecified atom stereocenters. The number of aromatic nitrogens is 3. The number of thioether (sulfide) groups is 1. The summed E-state index contributed by atoms with van der Waals surface area (Å²) in [6, 6.07) is 15.9. The molecule has 1 aromatic heterocycles. The van der Waals surface area contributed by atoms with E-state index in [0.29, 0.717) is 16.4 Å². The second-order valence-electron chi connectivity index (χ2n) is 5.42. The van der Waals surface area contributed by atoms with Gasteiger partial charge in [0.2, 0.25) is 11.9 Å². The fraction of sp³-hybridized carbons (Fsp3) is 0.111. The van der Waals surface area contributed by atoms with Crippen LogP contribution in [0.25, 0.3) is 5.69 Å². The Morgan fingerprint density at radius 3 is 2.48 bits per heavy atom. The van der Waals surface area contributed by atoms with Crippen molar-refractivity contribution in [2.24, 2.45) is 0 Å². The SMILES string of the molecule is COC(=O)c1ccc(NC(=O)CSc2nnc(N)n2-c2ccccc2)cc1. The predicted octanol–water partition coefficient (Wildman–Crippen LogP) is 2.37. The average molecular weight is 383 g/mol. The molecule has 27 heavy (non-hydrogen) atoms. The van der Waals surface area contributed by atoms with Gasteiger partial charge in [-0.1, -0.05) is 30.0 Å². The Balaban J connectivity index is 1.63. The van der Waals surface area contributed by atoms with Gasteiger partial charge in [0.15, 0.2) is 5.16 Å². The molecule has 8 nitrogen and oxygen atoms in total. The molecule has 3 N–H and O–H groups in total. The highest BCUT2D eigenvalue weighted by atomic mass is 32.2. The van der Waals surface area contributed by atoms with Crippen LogP contribution in [0.4, 0.5) is 11.6 Å². The van der Waals surface area contributed by atoms with Crippen LogP contribution < -0.4 is 11.1 Å². The van der Waals surface area contributed by atoms with Gasteiger partial charge in [0.1, 0.15) is 0 Å². The van der Waals surface area contributed by atoms with Crippen LogP contribution in [0, 0.1) is 0 Å². The second-order valence-corrected chi connectivity index (χ2v) is 6.36. The first-order chi connectivity index (χ1) is 13.1.